The van der Waals surface area contributed by atoms with Crippen LogP contribution in [0.5, 0.6) is 5.75 Å². The molecule has 3 N–H and O–H groups in total. The molecule has 1 atom stereocenters. The number of para-hydroxylation sites is 1. The zero-order valence-electron chi connectivity index (χ0n) is 15.1. The van der Waals surface area contributed by atoms with E-state index in [4.69, 9.17) is 0 Å². The van der Waals surface area contributed by atoms with Crippen LogP contribution in [-0.4, -0.2) is 27.0 Å². The Hall–Kier alpha value is -2.47. The summed E-state index contributed by atoms with van der Waals surface area (Å²) in [6.07, 6.45) is -5.87. The number of benzene rings is 2. The van der Waals surface area contributed by atoms with E-state index in [1.807, 2.05) is 12.1 Å². The van der Waals surface area contributed by atoms with Crippen LogP contribution in [-0.2, 0) is 11.8 Å². The van der Waals surface area contributed by atoms with E-state index in [0.29, 0.717) is 11.3 Å². The first-order valence-corrected chi connectivity index (χ1v) is 8.65. The van der Waals surface area contributed by atoms with Crippen molar-refractivity contribution in [1.82, 2.24) is 4.98 Å². The summed E-state index contributed by atoms with van der Waals surface area (Å²) in [6.45, 7) is 3.31. The number of halogens is 3. The predicted octanol–water partition coefficient (Wildman–Crippen LogP) is 5.08. The molecule has 6 heteroatoms. The van der Waals surface area contributed by atoms with Crippen molar-refractivity contribution in [1.29, 1.82) is 0 Å². The molecular formula is C21H22F3NO2. The molecule has 0 spiro atoms. The number of alkyl halides is 3. The van der Waals surface area contributed by atoms with E-state index in [2.05, 4.69) is 4.98 Å². The number of aliphatic hydroxyl groups is 1. The number of hydrogen-bond acceptors (Lipinski definition) is 2. The number of rotatable bonds is 5. The Bertz CT molecular complexity index is 895. The lowest BCUT2D eigenvalue weighted by molar-refractivity contribution is -0.266. The molecule has 2 aromatic carbocycles. The normalized spacial score (nSPS) is 15.0. The van der Waals surface area contributed by atoms with Gasteiger partial charge in [0, 0.05) is 17.6 Å². The molecule has 0 aliphatic heterocycles. The monoisotopic (exact) mass is 377 g/mol. The van der Waals surface area contributed by atoms with Crippen molar-refractivity contribution in [2.24, 2.45) is 0 Å². The molecule has 0 bridgehead atoms. The van der Waals surface area contributed by atoms with Gasteiger partial charge in [0.05, 0.1) is 0 Å². The number of hydrogen-bond donors (Lipinski definition) is 3. The molecule has 27 heavy (non-hydrogen) atoms. The summed E-state index contributed by atoms with van der Waals surface area (Å²) < 4.78 is 41.6. The predicted molar refractivity (Wildman–Crippen MR) is 98.8 cm³/mol. The molecule has 1 aromatic heterocycles. The first-order chi connectivity index (χ1) is 12.5. The van der Waals surface area contributed by atoms with Crippen LogP contribution < -0.4 is 0 Å². The lowest BCUT2D eigenvalue weighted by atomic mass is 9.73. The van der Waals surface area contributed by atoms with Crippen LogP contribution in [0.15, 0.2) is 54.6 Å². The van der Waals surface area contributed by atoms with Crippen molar-refractivity contribution in [3.05, 3.63) is 65.9 Å². The number of nitrogens with one attached hydrogen (secondary N) is 1. The summed E-state index contributed by atoms with van der Waals surface area (Å²) in [5.74, 6) is 0.0405. The van der Waals surface area contributed by atoms with Crippen LogP contribution in [0.2, 0.25) is 0 Å². The van der Waals surface area contributed by atoms with Crippen LogP contribution in [0.1, 0.15) is 31.5 Å². The van der Waals surface area contributed by atoms with Gasteiger partial charge in [-0.05, 0) is 47.1 Å². The number of fused-ring (bicyclic) bond motifs is 1. The molecule has 0 amide bonds. The molecule has 1 heterocycles. The topological polar surface area (TPSA) is 56.2 Å². The van der Waals surface area contributed by atoms with Gasteiger partial charge in [-0.2, -0.15) is 13.2 Å². The Kier molecular flexibility index (Phi) is 4.72. The molecule has 0 saturated heterocycles. The van der Waals surface area contributed by atoms with Crippen molar-refractivity contribution < 1.29 is 23.4 Å². The number of aromatic amines is 1. The minimum absolute atomic E-state index is 0.0405. The lowest BCUT2D eigenvalue weighted by Gasteiger charge is -2.38. The van der Waals surface area contributed by atoms with Crippen LogP contribution in [0.4, 0.5) is 13.2 Å². The van der Waals surface area contributed by atoms with E-state index in [1.54, 1.807) is 44.2 Å². The first kappa shape index (κ1) is 19.3. The Balaban J connectivity index is 1.93. The number of aromatic hydroxyl groups is 1. The second-order valence-corrected chi connectivity index (χ2v) is 7.70. The maximum absolute atomic E-state index is 13.9. The number of aromatic nitrogens is 1. The van der Waals surface area contributed by atoms with Gasteiger partial charge in [0.2, 0.25) is 0 Å². The lowest BCUT2D eigenvalue weighted by Crippen LogP contribution is -2.50. The number of H-pyrrole nitrogens is 1. The maximum atomic E-state index is 13.9. The van der Waals surface area contributed by atoms with E-state index in [0.717, 1.165) is 10.9 Å². The van der Waals surface area contributed by atoms with E-state index >= 15 is 0 Å². The minimum atomic E-state index is -4.79. The fourth-order valence-electron chi connectivity index (χ4n) is 3.55. The molecule has 3 rings (SSSR count). The molecule has 0 radical (unpaired) electrons. The molecule has 0 saturated carbocycles. The van der Waals surface area contributed by atoms with Gasteiger partial charge in [0.25, 0.3) is 0 Å². The zero-order valence-corrected chi connectivity index (χ0v) is 15.1. The highest BCUT2D eigenvalue weighted by Crippen LogP contribution is 2.43. The smallest absolute Gasteiger partial charge is 0.417 e. The summed E-state index contributed by atoms with van der Waals surface area (Å²) in [6, 6.07) is 14.9. The Morgan fingerprint density at radius 2 is 1.59 bits per heavy atom. The fourth-order valence-corrected chi connectivity index (χ4v) is 3.55. The Morgan fingerprint density at radius 1 is 0.963 bits per heavy atom. The quantitative estimate of drug-likeness (QED) is 0.581. The third-order valence-corrected chi connectivity index (χ3v) is 4.98. The van der Waals surface area contributed by atoms with Crippen molar-refractivity contribution in [2.45, 2.75) is 43.9 Å². The van der Waals surface area contributed by atoms with Gasteiger partial charge in [-0.1, -0.05) is 44.2 Å². The van der Waals surface area contributed by atoms with E-state index in [9.17, 15) is 23.4 Å². The van der Waals surface area contributed by atoms with Crippen LogP contribution in [0.3, 0.4) is 0 Å². The van der Waals surface area contributed by atoms with Crippen LogP contribution in [0.25, 0.3) is 10.9 Å². The molecule has 0 aliphatic carbocycles. The van der Waals surface area contributed by atoms with Crippen LogP contribution in [0, 0.1) is 0 Å². The van der Waals surface area contributed by atoms with Crippen molar-refractivity contribution >= 4 is 10.9 Å². The van der Waals surface area contributed by atoms with Gasteiger partial charge in [0.1, 0.15) is 5.75 Å². The summed E-state index contributed by atoms with van der Waals surface area (Å²) in [5, 5.41) is 20.9. The van der Waals surface area contributed by atoms with Gasteiger partial charge >= 0.3 is 6.18 Å². The largest absolute Gasteiger partial charge is 0.508 e. The van der Waals surface area contributed by atoms with Gasteiger partial charge in [0.15, 0.2) is 5.60 Å². The third-order valence-electron chi connectivity index (χ3n) is 4.98. The highest BCUT2D eigenvalue weighted by atomic mass is 19.4. The van der Waals surface area contributed by atoms with Gasteiger partial charge in [-0.25, -0.2) is 0 Å². The maximum Gasteiger partial charge on any atom is 0.417 e. The van der Waals surface area contributed by atoms with Gasteiger partial charge < -0.3 is 15.2 Å². The van der Waals surface area contributed by atoms with Gasteiger partial charge in [-0.15, -0.1) is 0 Å². The molecule has 144 valence electrons. The van der Waals surface area contributed by atoms with Gasteiger partial charge in [-0.3, -0.25) is 0 Å². The molecular weight excluding hydrogens is 355 g/mol. The Labute approximate surface area is 155 Å². The highest BCUT2D eigenvalue weighted by Gasteiger charge is 2.56. The van der Waals surface area contributed by atoms with Crippen molar-refractivity contribution in [3.63, 3.8) is 0 Å². The summed E-state index contributed by atoms with van der Waals surface area (Å²) in [7, 11) is 0. The fraction of sp³-hybridized carbons (Fsp3) is 0.333. The zero-order chi connectivity index (χ0) is 19.9. The van der Waals surface area contributed by atoms with E-state index in [1.165, 1.54) is 12.1 Å². The highest BCUT2D eigenvalue weighted by molar-refractivity contribution is 5.80. The molecule has 1 unspecified atom stereocenters. The average Bonchev–Trinajstić information content (AvgIpc) is 2.95. The molecule has 3 aromatic rings. The van der Waals surface area contributed by atoms with E-state index in [-0.39, 0.29) is 5.75 Å². The first-order valence-electron chi connectivity index (χ1n) is 8.65. The SMILES string of the molecule is CC(C)(CC(O)(Cc1cc2ccccc2[nH]1)C(F)(F)F)c1ccc(O)cc1. The molecule has 0 fully saturated rings. The summed E-state index contributed by atoms with van der Waals surface area (Å²) in [4.78, 5) is 2.96. The molecule has 3 nitrogen and oxygen atoms in total. The third kappa shape index (κ3) is 3.95. The Morgan fingerprint density at radius 3 is 2.19 bits per heavy atom. The van der Waals surface area contributed by atoms with Crippen molar-refractivity contribution in [2.75, 3.05) is 0 Å². The standard InChI is InChI=1S/C21H22F3NO2/c1-19(2,15-7-9-17(26)10-8-15)13-20(27,21(22,23)24)12-16-11-14-5-3-4-6-18(14)25-16/h3-11,25-27H,12-13H2,1-2H3. The minimum Gasteiger partial charge on any atom is -0.508 e. The number of phenols is 1. The van der Waals surface area contributed by atoms with E-state index < -0.39 is 30.0 Å². The van der Waals surface area contributed by atoms with Crippen LogP contribution >= 0.6 is 0 Å². The molecule has 0 aliphatic rings. The van der Waals surface area contributed by atoms with Crippen molar-refractivity contribution in [3.8, 4) is 5.75 Å². The summed E-state index contributed by atoms with van der Waals surface area (Å²) >= 11 is 0. The summed E-state index contributed by atoms with van der Waals surface area (Å²) in [5.41, 5.74) is -2.17. The second-order valence-electron chi connectivity index (χ2n) is 7.70. The average molecular weight is 377 g/mol. The second kappa shape index (κ2) is 6.60. The number of phenolic OH excluding ortho intramolecular Hbond substituents is 1.